The van der Waals surface area contributed by atoms with Crippen molar-refractivity contribution >= 4 is 29.1 Å². The molecule has 2 N–H and O–H groups in total. The molecular weight excluding hydrogens is 671 g/mol. The Morgan fingerprint density at radius 1 is 0.849 bits per heavy atom. The number of carbonyl (C=O) groups is 3. The number of carbonyl (C=O) groups excluding carboxylic acids is 3. The molecule has 0 bridgehead atoms. The summed E-state index contributed by atoms with van der Waals surface area (Å²) in [6.45, 7) is 10.5. The number of aromatic nitrogens is 1. The first-order valence-electron chi connectivity index (χ1n) is 18.3. The first-order valence-corrected chi connectivity index (χ1v) is 18.3. The summed E-state index contributed by atoms with van der Waals surface area (Å²) in [6.07, 6.45) is 3.70. The van der Waals surface area contributed by atoms with E-state index in [1.54, 1.807) is 72.7 Å². The van der Waals surface area contributed by atoms with Gasteiger partial charge in [-0.05, 0) is 77.9 Å². The number of rotatable bonds is 12. The lowest BCUT2D eigenvalue weighted by molar-refractivity contribution is 0.0338. The summed E-state index contributed by atoms with van der Waals surface area (Å²) in [5, 5.41) is 5.99. The lowest BCUT2D eigenvalue weighted by Crippen LogP contribution is -2.41. The molecule has 278 valence electrons. The summed E-state index contributed by atoms with van der Waals surface area (Å²) >= 11 is 0. The first-order chi connectivity index (χ1) is 25.6. The van der Waals surface area contributed by atoms with E-state index in [-0.39, 0.29) is 29.7 Å². The molecule has 53 heavy (non-hydrogen) atoms. The quantitative estimate of drug-likeness (QED) is 0.174. The SMILES string of the molecule is CN(CCN1CCOCC1)C(=O)c1cccc(C(=O)Nc2ccc(N3CCC(C)(C)CC3)cc2-c2cc(C(=O)NCc3cccc(CF)c3)ccn2)c1. The third-order valence-electron chi connectivity index (χ3n) is 10.2. The number of likely N-dealkylation sites (N-methyl/N-ethyl adjacent to an activating group) is 1. The standard InChI is InChI=1S/C42H49FN6O4/c1-42(2)13-16-49(17-14-42)35-10-11-37(36(27-35)38-26-33(12-15-44-38)39(50)45-29-31-7-4-6-30(24-31)28-43)46-40(51)32-8-5-9-34(25-32)41(52)47(3)18-19-48-20-22-53-23-21-48/h4-12,15,24-27H,13-14,16-23,28-29H2,1-3H3,(H,45,50)(H,46,51). The van der Waals surface area contributed by atoms with E-state index in [0.29, 0.717) is 59.0 Å². The van der Waals surface area contributed by atoms with Crippen molar-refractivity contribution in [2.75, 3.05) is 69.7 Å². The van der Waals surface area contributed by atoms with E-state index in [2.05, 4.69) is 39.3 Å². The van der Waals surface area contributed by atoms with E-state index in [4.69, 9.17) is 4.74 Å². The normalized spacial score (nSPS) is 15.8. The van der Waals surface area contributed by atoms with Gasteiger partial charge in [0.2, 0.25) is 0 Å². The molecule has 10 nitrogen and oxygen atoms in total. The number of piperidine rings is 1. The van der Waals surface area contributed by atoms with Crippen LogP contribution in [0.4, 0.5) is 15.8 Å². The fourth-order valence-electron chi connectivity index (χ4n) is 6.67. The smallest absolute Gasteiger partial charge is 0.255 e. The summed E-state index contributed by atoms with van der Waals surface area (Å²) in [6, 6.07) is 23.1. The van der Waals surface area contributed by atoms with Crippen LogP contribution in [0.2, 0.25) is 0 Å². The van der Waals surface area contributed by atoms with Crippen molar-refractivity contribution in [1.82, 2.24) is 20.1 Å². The monoisotopic (exact) mass is 720 g/mol. The van der Waals surface area contributed by atoms with Gasteiger partial charge in [0.1, 0.15) is 6.67 Å². The highest BCUT2D eigenvalue weighted by Crippen LogP contribution is 2.36. The van der Waals surface area contributed by atoms with E-state index in [1.165, 1.54) is 0 Å². The van der Waals surface area contributed by atoms with Crippen molar-refractivity contribution < 1.29 is 23.5 Å². The zero-order chi connectivity index (χ0) is 37.4. The number of anilines is 2. The number of alkyl halides is 1. The molecule has 0 aliphatic carbocycles. The van der Waals surface area contributed by atoms with E-state index in [1.807, 2.05) is 24.3 Å². The van der Waals surface area contributed by atoms with Crippen molar-refractivity contribution in [3.8, 4) is 11.3 Å². The molecular formula is C42H49FN6O4. The molecule has 0 unspecified atom stereocenters. The van der Waals surface area contributed by atoms with Gasteiger partial charge in [-0.3, -0.25) is 24.3 Å². The van der Waals surface area contributed by atoms with Crippen molar-refractivity contribution in [2.24, 2.45) is 5.41 Å². The van der Waals surface area contributed by atoms with E-state index >= 15 is 0 Å². The van der Waals surface area contributed by atoms with Gasteiger partial charge < -0.3 is 25.2 Å². The molecule has 2 saturated heterocycles. The summed E-state index contributed by atoms with van der Waals surface area (Å²) in [5.41, 5.74) is 5.55. The summed E-state index contributed by atoms with van der Waals surface area (Å²) in [5.74, 6) is -0.818. The van der Waals surface area contributed by atoms with Crippen LogP contribution in [0.1, 0.15) is 68.9 Å². The van der Waals surface area contributed by atoms with Gasteiger partial charge >= 0.3 is 0 Å². The van der Waals surface area contributed by atoms with Crippen molar-refractivity contribution in [2.45, 2.75) is 39.9 Å². The Kier molecular flexibility index (Phi) is 12.2. The minimum absolute atomic E-state index is 0.155. The van der Waals surface area contributed by atoms with Crippen LogP contribution in [0.25, 0.3) is 11.3 Å². The maximum atomic E-state index is 13.8. The number of hydrogen-bond donors (Lipinski definition) is 2. The van der Waals surface area contributed by atoms with Crippen LogP contribution in [0.15, 0.2) is 85.1 Å². The molecule has 2 aliphatic heterocycles. The zero-order valence-corrected chi connectivity index (χ0v) is 30.9. The van der Waals surface area contributed by atoms with Crippen molar-refractivity contribution in [3.63, 3.8) is 0 Å². The van der Waals surface area contributed by atoms with Crippen LogP contribution in [-0.2, 0) is 18.0 Å². The van der Waals surface area contributed by atoms with Gasteiger partial charge in [0.15, 0.2) is 0 Å². The second-order valence-corrected chi connectivity index (χ2v) is 14.7. The number of hydrogen-bond acceptors (Lipinski definition) is 7. The minimum atomic E-state index is -0.570. The second kappa shape index (κ2) is 17.1. The summed E-state index contributed by atoms with van der Waals surface area (Å²) in [4.78, 5) is 51.4. The maximum Gasteiger partial charge on any atom is 0.255 e. The predicted octanol–water partition coefficient (Wildman–Crippen LogP) is 6.43. The van der Waals surface area contributed by atoms with Gasteiger partial charge in [-0.1, -0.05) is 44.2 Å². The Balaban J connectivity index is 1.22. The molecule has 0 atom stereocenters. The molecule has 1 aromatic heterocycles. The Labute approximate surface area is 311 Å². The number of benzene rings is 3. The molecule has 11 heteroatoms. The molecule has 3 aromatic carbocycles. The minimum Gasteiger partial charge on any atom is -0.379 e. The number of nitrogens with zero attached hydrogens (tertiary/aromatic N) is 4. The van der Waals surface area contributed by atoms with Gasteiger partial charge in [-0.15, -0.1) is 0 Å². The fourth-order valence-corrected chi connectivity index (χ4v) is 6.67. The fraction of sp³-hybridized carbons (Fsp3) is 0.381. The average molecular weight is 721 g/mol. The third-order valence-corrected chi connectivity index (χ3v) is 10.2. The van der Waals surface area contributed by atoms with Crippen LogP contribution in [0.5, 0.6) is 0 Å². The number of pyridine rings is 1. The van der Waals surface area contributed by atoms with Crippen LogP contribution in [0, 0.1) is 5.41 Å². The highest BCUT2D eigenvalue weighted by molar-refractivity contribution is 6.08. The molecule has 3 amide bonds. The summed E-state index contributed by atoms with van der Waals surface area (Å²) in [7, 11) is 1.78. The van der Waals surface area contributed by atoms with Gasteiger partial charge in [0.05, 0.1) is 24.6 Å². The molecule has 3 heterocycles. The Hall–Kier alpha value is -5.13. The molecule has 0 spiro atoms. The van der Waals surface area contributed by atoms with Gasteiger partial charge in [-0.2, -0.15) is 0 Å². The van der Waals surface area contributed by atoms with E-state index in [0.717, 1.165) is 56.8 Å². The number of morpholine rings is 1. The predicted molar refractivity (Wildman–Crippen MR) is 206 cm³/mol. The van der Waals surface area contributed by atoms with E-state index in [9.17, 15) is 18.8 Å². The number of halogens is 1. The highest BCUT2D eigenvalue weighted by atomic mass is 19.1. The molecule has 2 fully saturated rings. The lowest BCUT2D eigenvalue weighted by atomic mass is 9.82. The number of amides is 3. The third kappa shape index (κ3) is 9.85. The van der Waals surface area contributed by atoms with Crippen LogP contribution in [0.3, 0.4) is 0 Å². The molecule has 4 aromatic rings. The van der Waals surface area contributed by atoms with E-state index < -0.39 is 6.67 Å². The highest BCUT2D eigenvalue weighted by Gasteiger charge is 2.26. The topological polar surface area (TPSA) is 107 Å². The number of nitrogens with one attached hydrogen (secondary N) is 2. The van der Waals surface area contributed by atoms with Crippen LogP contribution in [-0.4, -0.2) is 92.0 Å². The van der Waals surface area contributed by atoms with Crippen molar-refractivity contribution in [1.29, 1.82) is 0 Å². The average Bonchev–Trinajstić information content (AvgIpc) is 3.19. The molecule has 0 saturated carbocycles. The lowest BCUT2D eigenvalue weighted by Gasteiger charge is -2.38. The number of ether oxygens (including phenoxy) is 1. The largest absolute Gasteiger partial charge is 0.379 e. The van der Waals surface area contributed by atoms with Crippen LogP contribution < -0.4 is 15.5 Å². The molecule has 6 rings (SSSR count). The molecule has 2 aliphatic rings. The molecule has 0 radical (unpaired) electrons. The van der Waals surface area contributed by atoms with Gasteiger partial charge in [0, 0.05) is 87.0 Å². The Bertz CT molecular complexity index is 1920. The van der Waals surface area contributed by atoms with Crippen LogP contribution >= 0.6 is 0 Å². The van der Waals surface area contributed by atoms with Gasteiger partial charge in [0.25, 0.3) is 17.7 Å². The van der Waals surface area contributed by atoms with Gasteiger partial charge in [-0.25, -0.2) is 4.39 Å². The Morgan fingerprint density at radius 2 is 1.57 bits per heavy atom. The second-order valence-electron chi connectivity index (χ2n) is 14.7. The summed E-state index contributed by atoms with van der Waals surface area (Å²) < 4.78 is 18.6. The first kappa shape index (κ1) is 37.6. The maximum absolute atomic E-state index is 13.8. The zero-order valence-electron chi connectivity index (χ0n) is 30.9. The van der Waals surface area contributed by atoms with Crippen molar-refractivity contribution in [3.05, 3.63) is 113 Å². The Morgan fingerprint density at radius 3 is 2.34 bits per heavy atom.